The van der Waals surface area contributed by atoms with Crippen molar-refractivity contribution in [2.45, 2.75) is 59.1 Å². The smallest absolute Gasteiger partial charge is 0.220 e. The lowest BCUT2D eigenvalue weighted by Gasteiger charge is -2.29. The summed E-state index contributed by atoms with van der Waals surface area (Å²) < 4.78 is 5.05. The molecule has 102 valence electrons. The van der Waals surface area contributed by atoms with Gasteiger partial charge < -0.3 is 14.9 Å². The van der Waals surface area contributed by atoms with Gasteiger partial charge in [-0.1, -0.05) is 5.16 Å². The number of aromatic nitrogens is 1. The van der Waals surface area contributed by atoms with Crippen LogP contribution in [0.15, 0.2) is 4.52 Å². The topological polar surface area (TPSA) is 75.4 Å². The van der Waals surface area contributed by atoms with Crippen LogP contribution in [0.1, 0.15) is 44.2 Å². The molecule has 0 saturated heterocycles. The van der Waals surface area contributed by atoms with Gasteiger partial charge in [-0.2, -0.15) is 0 Å². The quantitative estimate of drug-likeness (QED) is 0.835. The Morgan fingerprint density at radius 3 is 2.56 bits per heavy atom. The number of hydrogen-bond acceptors (Lipinski definition) is 4. The largest absolute Gasteiger partial charge is 0.391 e. The van der Waals surface area contributed by atoms with E-state index < -0.39 is 11.6 Å². The number of carbonyl (C=O) groups excluding carboxylic acids is 1. The lowest BCUT2D eigenvalue weighted by Crippen LogP contribution is -2.51. The van der Waals surface area contributed by atoms with E-state index >= 15 is 0 Å². The molecule has 5 heteroatoms. The first-order chi connectivity index (χ1) is 8.24. The van der Waals surface area contributed by atoms with Gasteiger partial charge in [0.15, 0.2) is 0 Å². The normalized spacial score (nSPS) is 13.4. The third kappa shape index (κ3) is 3.57. The molecule has 0 fully saturated rings. The van der Waals surface area contributed by atoms with Crippen molar-refractivity contribution in [1.29, 1.82) is 0 Å². The molecule has 0 aliphatic rings. The predicted molar refractivity (Wildman–Crippen MR) is 68.2 cm³/mol. The predicted octanol–water partition coefficient (Wildman–Crippen LogP) is 1.50. The second kappa shape index (κ2) is 5.52. The maximum absolute atomic E-state index is 11.8. The highest BCUT2D eigenvalue weighted by molar-refractivity contribution is 5.77. The first-order valence-corrected chi connectivity index (χ1v) is 6.15. The SMILES string of the molecule is Cc1noc(C)c1CCC(=O)NC(C)(C)C(C)O. The Hall–Kier alpha value is -1.36. The number of aryl methyl sites for hydroxylation is 2. The zero-order chi connectivity index (χ0) is 13.9. The number of hydrogen-bond donors (Lipinski definition) is 2. The molecular formula is C13H22N2O3. The minimum Gasteiger partial charge on any atom is -0.391 e. The first kappa shape index (κ1) is 14.7. The zero-order valence-corrected chi connectivity index (χ0v) is 11.7. The first-order valence-electron chi connectivity index (χ1n) is 6.15. The summed E-state index contributed by atoms with van der Waals surface area (Å²) in [5.41, 5.74) is 1.20. The molecule has 0 aromatic carbocycles. The summed E-state index contributed by atoms with van der Waals surface area (Å²) in [5.74, 6) is 0.677. The molecular weight excluding hydrogens is 232 g/mol. The Labute approximate surface area is 108 Å². The lowest BCUT2D eigenvalue weighted by atomic mass is 9.98. The van der Waals surface area contributed by atoms with Crippen LogP contribution in [-0.2, 0) is 11.2 Å². The second-order valence-electron chi connectivity index (χ2n) is 5.25. The summed E-state index contributed by atoms with van der Waals surface area (Å²) in [6.07, 6.45) is 0.364. The van der Waals surface area contributed by atoms with Gasteiger partial charge in [-0.3, -0.25) is 4.79 Å². The minimum absolute atomic E-state index is 0.0825. The fourth-order valence-electron chi connectivity index (χ4n) is 1.62. The number of carbonyl (C=O) groups is 1. The Balaban J connectivity index is 2.53. The van der Waals surface area contributed by atoms with Crippen molar-refractivity contribution in [2.24, 2.45) is 0 Å². The average molecular weight is 254 g/mol. The third-order valence-corrected chi connectivity index (χ3v) is 3.29. The van der Waals surface area contributed by atoms with E-state index in [1.165, 1.54) is 0 Å². The second-order valence-corrected chi connectivity index (χ2v) is 5.25. The molecule has 0 bridgehead atoms. The summed E-state index contributed by atoms with van der Waals surface area (Å²) in [4.78, 5) is 11.8. The lowest BCUT2D eigenvalue weighted by molar-refractivity contribution is -0.123. The van der Waals surface area contributed by atoms with E-state index in [-0.39, 0.29) is 5.91 Å². The maximum atomic E-state index is 11.8. The molecule has 0 saturated carbocycles. The molecule has 1 atom stereocenters. The standard InChI is InChI=1S/C13H22N2O3/c1-8-11(9(2)18-15-8)6-7-12(17)14-13(4,5)10(3)16/h10,16H,6-7H2,1-5H3,(H,14,17). The minimum atomic E-state index is -0.615. The summed E-state index contributed by atoms with van der Waals surface area (Å²) in [6, 6.07) is 0. The highest BCUT2D eigenvalue weighted by atomic mass is 16.5. The summed E-state index contributed by atoms with van der Waals surface area (Å²) >= 11 is 0. The van der Waals surface area contributed by atoms with E-state index in [4.69, 9.17) is 4.52 Å². The molecule has 0 radical (unpaired) electrons. The van der Waals surface area contributed by atoms with Crippen molar-refractivity contribution in [3.05, 3.63) is 17.0 Å². The van der Waals surface area contributed by atoms with Gasteiger partial charge in [-0.15, -0.1) is 0 Å². The number of nitrogens with one attached hydrogen (secondary N) is 1. The average Bonchev–Trinajstić information content (AvgIpc) is 2.55. The van der Waals surface area contributed by atoms with Gasteiger partial charge in [0, 0.05) is 12.0 Å². The van der Waals surface area contributed by atoms with E-state index in [1.54, 1.807) is 20.8 Å². The number of aliphatic hydroxyl groups excluding tert-OH is 1. The molecule has 1 rings (SSSR count). The van der Waals surface area contributed by atoms with Crippen molar-refractivity contribution in [1.82, 2.24) is 10.5 Å². The Morgan fingerprint density at radius 2 is 2.11 bits per heavy atom. The van der Waals surface area contributed by atoms with Gasteiger partial charge in [0.1, 0.15) is 5.76 Å². The van der Waals surface area contributed by atoms with Crippen LogP contribution in [0, 0.1) is 13.8 Å². The number of aliphatic hydroxyl groups is 1. The molecule has 0 spiro atoms. The van der Waals surface area contributed by atoms with Gasteiger partial charge in [-0.25, -0.2) is 0 Å². The van der Waals surface area contributed by atoms with E-state index in [0.29, 0.717) is 12.8 Å². The van der Waals surface area contributed by atoms with E-state index in [9.17, 15) is 9.90 Å². The van der Waals surface area contributed by atoms with Crippen LogP contribution < -0.4 is 5.32 Å². The Bertz CT molecular complexity index is 402. The molecule has 2 N–H and O–H groups in total. The van der Waals surface area contributed by atoms with E-state index in [2.05, 4.69) is 10.5 Å². The van der Waals surface area contributed by atoms with Gasteiger partial charge >= 0.3 is 0 Å². The van der Waals surface area contributed by atoms with Crippen LogP contribution >= 0.6 is 0 Å². The molecule has 1 amide bonds. The number of rotatable bonds is 5. The highest BCUT2D eigenvalue weighted by Crippen LogP contribution is 2.15. The van der Waals surface area contributed by atoms with Gasteiger partial charge in [0.05, 0.1) is 17.3 Å². The molecule has 1 unspecified atom stereocenters. The third-order valence-electron chi connectivity index (χ3n) is 3.29. The fraction of sp³-hybridized carbons (Fsp3) is 0.692. The van der Waals surface area contributed by atoms with Crippen molar-refractivity contribution in [2.75, 3.05) is 0 Å². The van der Waals surface area contributed by atoms with Crippen LogP contribution in [0.25, 0.3) is 0 Å². The van der Waals surface area contributed by atoms with Crippen LogP contribution in [0.5, 0.6) is 0 Å². The molecule has 5 nitrogen and oxygen atoms in total. The number of amides is 1. The van der Waals surface area contributed by atoms with Crippen molar-refractivity contribution in [3.63, 3.8) is 0 Å². The Kier molecular flexibility index (Phi) is 4.51. The highest BCUT2D eigenvalue weighted by Gasteiger charge is 2.25. The maximum Gasteiger partial charge on any atom is 0.220 e. The molecule has 0 aliphatic carbocycles. The van der Waals surface area contributed by atoms with E-state index in [1.807, 2.05) is 13.8 Å². The van der Waals surface area contributed by atoms with Crippen LogP contribution in [0.3, 0.4) is 0 Å². The molecule has 1 aromatic heterocycles. The van der Waals surface area contributed by atoms with Crippen molar-refractivity contribution in [3.8, 4) is 0 Å². The van der Waals surface area contributed by atoms with Gasteiger partial charge in [0.2, 0.25) is 5.91 Å². The van der Waals surface area contributed by atoms with Gasteiger partial charge in [0.25, 0.3) is 0 Å². The molecule has 18 heavy (non-hydrogen) atoms. The summed E-state index contributed by atoms with van der Waals surface area (Å²) in [6.45, 7) is 8.96. The van der Waals surface area contributed by atoms with Crippen molar-refractivity contribution >= 4 is 5.91 Å². The van der Waals surface area contributed by atoms with Crippen LogP contribution in [-0.4, -0.2) is 27.8 Å². The molecule has 0 aliphatic heterocycles. The Morgan fingerprint density at radius 1 is 1.50 bits per heavy atom. The zero-order valence-electron chi connectivity index (χ0n) is 11.7. The van der Waals surface area contributed by atoms with Crippen molar-refractivity contribution < 1.29 is 14.4 Å². The van der Waals surface area contributed by atoms with Crippen LogP contribution in [0.4, 0.5) is 0 Å². The van der Waals surface area contributed by atoms with Gasteiger partial charge in [-0.05, 0) is 41.0 Å². The van der Waals surface area contributed by atoms with E-state index in [0.717, 1.165) is 17.0 Å². The number of nitrogens with zero attached hydrogens (tertiary/aromatic N) is 1. The van der Waals surface area contributed by atoms with Crippen LogP contribution in [0.2, 0.25) is 0 Å². The monoisotopic (exact) mass is 254 g/mol. The summed E-state index contributed by atoms with van der Waals surface area (Å²) in [7, 11) is 0. The summed E-state index contributed by atoms with van der Waals surface area (Å²) in [5, 5.41) is 16.2. The molecule has 1 aromatic rings. The fourth-order valence-corrected chi connectivity index (χ4v) is 1.62. The molecule has 1 heterocycles.